The first-order valence-corrected chi connectivity index (χ1v) is 7.25. The summed E-state index contributed by atoms with van der Waals surface area (Å²) in [5.74, 6) is -0.0708. The van der Waals surface area contributed by atoms with Crippen molar-refractivity contribution < 1.29 is 0 Å². The quantitative estimate of drug-likeness (QED) is 0.802. The van der Waals surface area contributed by atoms with Crippen LogP contribution >= 0.6 is 0 Å². The molecule has 3 heterocycles. The Morgan fingerprint density at radius 1 is 0.773 bits per heavy atom. The molecular formula is C18H18N4. The van der Waals surface area contributed by atoms with Gasteiger partial charge in [0.25, 0.3) is 0 Å². The van der Waals surface area contributed by atoms with Crippen LogP contribution in [0.4, 0.5) is 0 Å². The van der Waals surface area contributed by atoms with Crippen molar-refractivity contribution in [1.29, 1.82) is 0 Å². The molecule has 2 N–H and O–H groups in total. The molecule has 0 saturated carbocycles. The van der Waals surface area contributed by atoms with E-state index in [9.17, 15) is 0 Å². The van der Waals surface area contributed by atoms with Gasteiger partial charge in [-0.05, 0) is 36.4 Å². The van der Waals surface area contributed by atoms with Crippen LogP contribution in [0.25, 0.3) is 0 Å². The first-order chi connectivity index (χ1) is 10.7. The Balaban J connectivity index is 2.16. The predicted octanol–water partition coefficient (Wildman–Crippen LogP) is 2.88. The summed E-state index contributed by atoms with van der Waals surface area (Å²) in [4.78, 5) is 13.4. The molecule has 1 unspecified atom stereocenters. The zero-order valence-electron chi connectivity index (χ0n) is 12.4. The number of aromatic nitrogens is 3. The van der Waals surface area contributed by atoms with Gasteiger partial charge in [-0.15, -0.1) is 0 Å². The van der Waals surface area contributed by atoms with E-state index in [0.29, 0.717) is 0 Å². The van der Waals surface area contributed by atoms with Crippen molar-refractivity contribution >= 4 is 0 Å². The molecule has 0 bridgehead atoms. The lowest BCUT2D eigenvalue weighted by atomic mass is 9.77. The minimum absolute atomic E-state index is 0.0708. The maximum absolute atomic E-state index is 6.85. The highest BCUT2D eigenvalue weighted by Gasteiger charge is 2.39. The van der Waals surface area contributed by atoms with E-state index in [-0.39, 0.29) is 5.92 Å². The second-order valence-electron chi connectivity index (χ2n) is 5.28. The van der Waals surface area contributed by atoms with E-state index in [1.54, 1.807) is 18.6 Å². The molecule has 3 aromatic heterocycles. The number of pyridine rings is 3. The van der Waals surface area contributed by atoms with Gasteiger partial charge >= 0.3 is 0 Å². The van der Waals surface area contributed by atoms with Gasteiger partial charge in [-0.3, -0.25) is 15.0 Å². The smallest absolute Gasteiger partial charge is 0.109 e. The first-order valence-electron chi connectivity index (χ1n) is 7.25. The van der Waals surface area contributed by atoms with Gasteiger partial charge in [0.2, 0.25) is 0 Å². The molecule has 0 spiro atoms. The number of hydrogen-bond donors (Lipinski definition) is 1. The minimum atomic E-state index is -0.836. The van der Waals surface area contributed by atoms with Crippen LogP contribution < -0.4 is 5.73 Å². The van der Waals surface area contributed by atoms with Crippen molar-refractivity contribution in [2.45, 2.75) is 18.4 Å². The fraction of sp³-hybridized carbons (Fsp3) is 0.167. The third-order valence-corrected chi connectivity index (χ3v) is 3.99. The molecule has 0 radical (unpaired) electrons. The Labute approximate surface area is 130 Å². The van der Waals surface area contributed by atoms with Crippen LogP contribution in [0.15, 0.2) is 73.2 Å². The SMILES string of the molecule is CC(c1ccccn1)C(N)(c1ccccn1)c1ccccn1. The average molecular weight is 290 g/mol. The van der Waals surface area contributed by atoms with Crippen molar-refractivity contribution in [3.63, 3.8) is 0 Å². The van der Waals surface area contributed by atoms with E-state index in [1.807, 2.05) is 54.6 Å². The molecule has 1 atom stereocenters. The van der Waals surface area contributed by atoms with Crippen LogP contribution in [-0.4, -0.2) is 15.0 Å². The summed E-state index contributed by atoms with van der Waals surface area (Å²) in [6.45, 7) is 2.06. The van der Waals surface area contributed by atoms with Crippen LogP contribution in [0, 0.1) is 0 Å². The average Bonchev–Trinajstić information content (AvgIpc) is 2.62. The fourth-order valence-corrected chi connectivity index (χ4v) is 2.66. The van der Waals surface area contributed by atoms with Gasteiger partial charge in [-0.1, -0.05) is 25.1 Å². The minimum Gasteiger partial charge on any atom is -0.315 e. The molecule has 0 aliphatic heterocycles. The third kappa shape index (κ3) is 2.49. The maximum Gasteiger partial charge on any atom is 0.109 e. The molecular weight excluding hydrogens is 272 g/mol. The highest BCUT2D eigenvalue weighted by atomic mass is 14.9. The molecule has 4 nitrogen and oxygen atoms in total. The molecule has 0 aliphatic carbocycles. The second-order valence-corrected chi connectivity index (χ2v) is 5.28. The van der Waals surface area contributed by atoms with Gasteiger partial charge in [-0.2, -0.15) is 0 Å². The summed E-state index contributed by atoms with van der Waals surface area (Å²) in [5, 5.41) is 0. The molecule has 3 aromatic rings. The van der Waals surface area contributed by atoms with Crippen molar-refractivity contribution in [2.75, 3.05) is 0 Å². The summed E-state index contributed by atoms with van der Waals surface area (Å²) in [6.07, 6.45) is 5.29. The van der Waals surface area contributed by atoms with Gasteiger partial charge < -0.3 is 5.73 Å². The summed E-state index contributed by atoms with van der Waals surface area (Å²) in [7, 11) is 0. The lowest BCUT2D eigenvalue weighted by Crippen LogP contribution is -2.44. The van der Waals surface area contributed by atoms with Gasteiger partial charge in [0, 0.05) is 30.2 Å². The molecule has 0 fully saturated rings. The van der Waals surface area contributed by atoms with Gasteiger partial charge in [0.15, 0.2) is 0 Å². The standard InChI is InChI=1S/C18H18N4/c1-14(15-8-2-5-11-20-15)18(19,16-9-3-6-12-21-16)17-10-4-7-13-22-17/h2-14H,19H2,1H3. The van der Waals surface area contributed by atoms with Gasteiger partial charge in [0.05, 0.1) is 11.4 Å². The zero-order chi connectivity index (χ0) is 15.4. The lowest BCUT2D eigenvalue weighted by molar-refractivity contribution is 0.417. The summed E-state index contributed by atoms with van der Waals surface area (Å²) < 4.78 is 0. The summed E-state index contributed by atoms with van der Waals surface area (Å²) in [5.41, 5.74) is 8.50. The Bertz CT molecular complexity index is 674. The second kappa shape index (κ2) is 6.03. The lowest BCUT2D eigenvalue weighted by Gasteiger charge is -2.34. The van der Waals surface area contributed by atoms with E-state index in [4.69, 9.17) is 5.73 Å². The Hall–Kier alpha value is -2.59. The topological polar surface area (TPSA) is 64.7 Å². The predicted molar refractivity (Wildman–Crippen MR) is 86.1 cm³/mol. The molecule has 4 heteroatoms. The van der Waals surface area contributed by atoms with Gasteiger partial charge in [0.1, 0.15) is 5.54 Å². The van der Waals surface area contributed by atoms with E-state index >= 15 is 0 Å². The fourth-order valence-electron chi connectivity index (χ4n) is 2.66. The first kappa shape index (κ1) is 14.4. The monoisotopic (exact) mass is 290 g/mol. The highest BCUT2D eigenvalue weighted by molar-refractivity contribution is 5.35. The molecule has 0 aliphatic rings. The number of nitrogens with zero attached hydrogens (tertiary/aromatic N) is 3. The van der Waals surface area contributed by atoms with E-state index in [1.165, 1.54) is 0 Å². The third-order valence-electron chi connectivity index (χ3n) is 3.99. The Kier molecular flexibility index (Phi) is 3.94. The van der Waals surface area contributed by atoms with Crippen molar-refractivity contribution in [3.8, 4) is 0 Å². The summed E-state index contributed by atoms with van der Waals surface area (Å²) >= 11 is 0. The highest BCUT2D eigenvalue weighted by Crippen LogP contribution is 2.37. The van der Waals surface area contributed by atoms with E-state index in [2.05, 4.69) is 21.9 Å². The van der Waals surface area contributed by atoms with E-state index < -0.39 is 5.54 Å². The molecule has 0 aromatic carbocycles. The number of nitrogens with two attached hydrogens (primary N) is 1. The number of hydrogen-bond acceptors (Lipinski definition) is 4. The molecule has 3 rings (SSSR count). The molecule has 22 heavy (non-hydrogen) atoms. The zero-order valence-corrected chi connectivity index (χ0v) is 12.4. The van der Waals surface area contributed by atoms with Crippen LogP contribution in [0.5, 0.6) is 0 Å². The number of rotatable bonds is 4. The van der Waals surface area contributed by atoms with Crippen LogP contribution in [-0.2, 0) is 5.54 Å². The van der Waals surface area contributed by atoms with Gasteiger partial charge in [-0.25, -0.2) is 0 Å². The normalized spacial score (nSPS) is 12.8. The molecule has 110 valence electrons. The summed E-state index contributed by atoms with van der Waals surface area (Å²) in [6, 6.07) is 17.4. The molecule has 0 amide bonds. The van der Waals surface area contributed by atoms with Crippen molar-refractivity contribution in [1.82, 2.24) is 15.0 Å². The van der Waals surface area contributed by atoms with Crippen LogP contribution in [0.3, 0.4) is 0 Å². The van der Waals surface area contributed by atoms with Crippen LogP contribution in [0.1, 0.15) is 29.9 Å². The Morgan fingerprint density at radius 3 is 1.68 bits per heavy atom. The van der Waals surface area contributed by atoms with Crippen molar-refractivity contribution in [3.05, 3.63) is 90.3 Å². The molecule has 0 saturated heterocycles. The van der Waals surface area contributed by atoms with E-state index in [0.717, 1.165) is 17.1 Å². The maximum atomic E-state index is 6.85. The Morgan fingerprint density at radius 2 is 1.27 bits per heavy atom. The van der Waals surface area contributed by atoms with Crippen molar-refractivity contribution in [2.24, 2.45) is 5.73 Å². The van der Waals surface area contributed by atoms with Crippen LogP contribution in [0.2, 0.25) is 0 Å². The largest absolute Gasteiger partial charge is 0.315 e.